The zero-order chi connectivity index (χ0) is 21.6. The van der Waals surface area contributed by atoms with Crippen LogP contribution in [0.3, 0.4) is 0 Å². The van der Waals surface area contributed by atoms with Crippen LogP contribution in [0.2, 0.25) is 0 Å². The summed E-state index contributed by atoms with van der Waals surface area (Å²) in [5, 5.41) is 13.0. The number of hydrogen-bond acceptors (Lipinski definition) is 6. The van der Waals surface area contributed by atoms with E-state index in [2.05, 4.69) is 64.6 Å². The normalized spacial score (nSPS) is 17.7. The first-order valence-electron chi connectivity index (χ1n) is 10.9. The molecule has 1 aliphatic rings. The number of rotatable bonds is 8. The van der Waals surface area contributed by atoms with Crippen LogP contribution in [0.25, 0.3) is 11.3 Å². The zero-order valence-electron chi connectivity index (χ0n) is 18.3. The summed E-state index contributed by atoms with van der Waals surface area (Å²) in [6.45, 7) is 7.03. The fourth-order valence-electron chi connectivity index (χ4n) is 4.32. The van der Waals surface area contributed by atoms with Gasteiger partial charge in [0.15, 0.2) is 0 Å². The summed E-state index contributed by atoms with van der Waals surface area (Å²) >= 11 is 1.73. The molecule has 1 fully saturated rings. The number of piperazine rings is 1. The molecule has 0 unspecified atom stereocenters. The first-order valence-corrected chi connectivity index (χ1v) is 11.7. The van der Waals surface area contributed by atoms with Crippen molar-refractivity contribution in [3.05, 3.63) is 70.0 Å². The first kappa shape index (κ1) is 22.0. The second kappa shape index (κ2) is 10.4. The predicted octanol–water partition coefficient (Wildman–Crippen LogP) is 4.20. The summed E-state index contributed by atoms with van der Waals surface area (Å²) in [7, 11) is 1.71. The Morgan fingerprint density at radius 1 is 1.13 bits per heavy atom. The van der Waals surface area contributed by atoms with E-state index >= 15 is 0 Å². The molecule has 0 amide bonds. The van der Waals surface area contributed by atoms with Crippen LogP contribution in [0, 0.1) is 6.92 Å². The molecule has 2 heterocycles. The Balaban J connectivity index is 1.39. The minimum absolute atomic E-state index is 0.214. The smallest absolute Gasteiger partial charge is 0.121 e. The van der Waals surface area contributed by atoms with Gasteiger partial charge in [0.05, 0.1) is 19.3 Å². The van der Waals surface area contributed by atoms with Crippen LogP contribution in [-0.2, 0) is 13.1 Å². The Kier molecular flexibility index (Phi) is 7.35. The molecule has 31 heavy (non-hydrogen) atoms. The molecule has 0 radical (unpaired) electrons. The predicted molar refractivity (Wildman–Crippen MR) is 126 cm³/mol. The second-order valence-corrected chi connectivity index (χ2v) is 9.11. The Labute approximate surface area is 188 Å². The van der Waals surface area contributed by atoms with E-state index in [-0.39, 0.29) is 6.61 Å². The van der Waals surface area contributed by atoms with Crippen molar-refractivity contribution in [2.24, 2.45) is 0 Å². The van der Waals surface area contributed by atoms with Gasteiger partial charge in [0.25, 0.3) is 0 Å². The Morgan fingerprint density at radius 2 is 1.97 bits per heavy atom. The van der Waals surface area contributed by atoms with Crippen molar-refractivity contribution in [1.82, 2.24) is 14.8 Å². The molecule has 4 rings (SSSR count). The number of aromatic nitrogens is 1. The summed E-state index contributed by atoms with van der Waals surface area (Å²) in [5.41, 5.74) is 4.68. The lowest BCUT2D eigenvalue weighted by atomic mass is 10.1. The van der Waals surface area contributed by atoms with Crippen molar-refractivity contribution in [3.8, 4) is 17.0 Å². The third-order valence-electron chi connectivity index (χ3n) is 5.98. The van der Waals surface area contributed by atoms with Gasteiger partial charge in [-0.25, -0.2) is 4.98 Å². The van der Waals surface area contributed by atoms with Crippen molar-refractivity contribution in [3.63, 3.8) is 0 Å². The van der Waals surface area contributed by atoms with E-state index in [4.69, 9.17) is 9.72 Å². The van der Waals surface area contributed by atoms with Crippen molar-refractivity contribution in [2.75, 3.05) is 33.4 Å². The van der Waals surface area contributed by atoms with Gasteiger partial charge in [-0.2, -0.15) is 0 Å². The molecule has 0 saturated carbocycles. The standard InChI is InChI=1S/C25H31N3O2S/c1-19-14-20(8-9-24(19)30-2)15-28-12-11-27(16-22(28)10-13-29)17-25-26-23(18-31-25)21-6-4-3-5-7-21/h3-9,14,18,22,29H,10-13,15-17H2,1-2H3/t22-/m0/s1. The summed E-state index contributed by atoms with van der Waals surface area (Å²) < 4.78 is 5.39. The van der Waals surface area contributed by atoms with E-state index in [1.54, 1.807) is 18.4 Å². The maximum absolute atomic E-state index is 9.65. The van der Waals surface area contributed by atoms with Gasteiger partial charge in [-0.1, -0.05) is 42.5 Å². The monoisotopic (exact) mass is 437 g/mol. The lowest BCUT2D eigenvalue weighted by Crippen LogP contribution is -2.52. The van der Waals surface area contributed by atoms with Gasteiger partial charge >= 0.3 is 0 Å². The van der Waals surface area contributed by atoms with Crippen LogP contribution in [0.5, 0.6) is 5.75 Å². The van der Waals surface area contributed by atoms with Gasteiger partial charge in [0, 0.05) is 49.8 Å². The van der Waals surface area contributed by atoms with Crippen LogP contribution >= 0.6 is 11.3 Å². The molecule has 0 bridgehead atoms. The fraction of sp³-hybridized carbons (Fsp3) is 0.400. The van der Waals surface area contributed by atoms with E-state index in [1.807, 2.05) is 6.07 Å². The highest BCUT2D eigenvalue weighted by Gasteiger charge is 2.27. The number of aryl methyl sites for hydroxylation is 1. The number of hydrogen-bond donors (Lipinski definition) is 1. The highest BCUT2D eigenvalue weighted by atomic mass is 32.1. The fourth-order valence-corrected chi connectivity index (χ4v) is 5.17. The molecular formula is C25H31N3O2S. The molecule has 1 N–H and O–H groups in total. The van der Waals surface area contributed by atoms with Gasteiger partial charge < -0.3 is 9.84 Å². The van der Waals surface area contributed by atoms with Crippen molar-refractivity contribution < 1.29 is 9.84 Å². The van der Waals surface area contributed by atoms with Gasteiger partial charge in [-0.3, -0.25) is 9.80 Å². The van der Waals surface area contributed by atoms with Crippen LogP contribution in [-0.4, -0.2) is 59.3 Å². The third-order valence-corrected chi connectivity index (χ3v) is 6.81. The minimum Gasteiger partial charge on any atom is -0.496 e. The number of thiazole rings is 1. The van der Waals surface area contributed by atoms with E-state index in [0.717, 1.165) is 61.2 Å². The first-order chi connectivity index (χ1) is 15.2. The molecule has 1 aromatic heterocycles. The molecule has 0 spiro atoms. The molecule has 3 aromatic rings. The van der Waals surface area contributed by atoms with Crippen molar-refractivity contribution in [1.29, 1.82) is 0 Å². The Morgan fingerprint density at radius 3 is 2.71 bits per heavy atom. The maximum Gasteiger partial charge on any atom is 0.121 e. The summed E-state index contributed by atoms with van der Waals surface area (Å²) in [6.07, 6.45) is 0.790. The summed E-state index contributed by atoms with van der Waals surface area (Å²) in [4.78, 5) is 9.84. The van der Waals surface area contributed by atoms with E-state index < -0.39 is 0 Å². The van der Waals surface area contributed by atoms with E-state index in [0.29, 0.717) is 6.04 Å². The Bertz CT molecular complexity index is 976. The number of aliphatic hydroxyl groups is 1. The molecule has 2 aromatic carbocycles. The third kappa shape index (κ3) is 5.52. The number of aliphatic hydroxyl groups excluding tert-OH is 1. The van der Waals surface area contributed by atoms with Gasteiger partial charge in [-0.15, -0.1) is 11.3 Å². The zero-order valence-corrected chi connectivity index (χ0v) is 19.1. The molecule has 0 aliphatic carbocycles. The van der Waals surface area contributed by atoms with Gasteiger partial charge in [0.1, 0.15) is 10.8 Å². The van der Waals surface area contributed by atoms with Gasteiger partial charge in [-0.05, 0) is 30.5 Å². The minimum atomic E-state index is 0.214. The van der Waals surface area contributed by atoms with E-state index in [1.165, 1.54) is 11.1 Å². The maximum atomic E-state index is 9.65. The average molecular weight is 438 g/mol. The van der Waals surface area contributed by atoms with Crippen LogP contribution in [0.1, 0.15) is 22.6 Å². The molecule has 1 atom stereocenters. The average Bonchev–Trinajstić information content (AvgIpc) is 3.25. The molecule has 5 nitrogen and oxygen atoms in total. The number of methoxy groups -OCH3 is 1. The molecule has 1 saturated heterocycles. The summed E-state index contributed by atoms with van der Waals surface area (Å²) in [6, 6.07) is 17.1. The second-order valence-electron chi connectivity index (χ2n) is 8.17. The van der Waals surface area contributed by atoms with Gasteiger partial charge in [0.2, 0.25) is 0 Å². The molecule has 1 aliphatic heterocycles. The molecule has 164 valence electrons. The van der Waals surface area contributed by atoms with Crippen LogP contribution < -0.4 is 4.74 Å². The largest absolute Gasteiger partial charge is 0.496 e. The van der Waals surface area contributed by atoms with Crippen LogP contribution in [0.15, 0.2) is 53.9 Å². The van der Waals surface area contributed by atoms with Crippen molar-refractivity contribution in [2.45, 2.75) is 32.5 Å². The highest BCUT2D eigenvalue weighted by molar-refractivity contribution is 7.09. The van der Waals surface area contributed by atoms with E-state index in [9.17, 15) is 5.11 Å². The molecular weight excluding hydrogens is 406 g/mol. The SMILES string of the molecule is COc1ccc(CN2CCN(Cc3nc(-c4ccccc4)cs3)C[C@@H]2CCO)cc1C. The number of ether oxygens (including phenoxy) is 1. The molecule has 6 heteroatoms. The highest BCUT2D eigenvalue weighted by Crippen LogP contribution is 2.25. The number of nitrogens with zero attached hydrogens (tertiary/aromatic N) is 3. The summed E-state index contributed by atoms with van der Waals surface area (Å²) in [5.74, 6) is 0.929. The topological polar surface area (TPSA) is 48.8 Å². The lowest BCUT2D eigenvalue weighted by Gasteiger charge is -2.41. The Hall–Kier alpha value is -2.25. The lowest BCUT2D eigenvalue weighted by molar-refractivity contribution is 0.0499. The van der Waals surface area contributed by atoms with Crippen LogP contribution in [0.4, 0.5) is 0 Å². The quantitative estimate of drug-likeness (QED) is 0.572. The van der Waals surface area contributed by atoms with Crippen molar-refractivity contribution >= 4 is 11.3 Å². The number of benzene rings is 2.